The van der Waals surface area contributed by atoms with Crippen LogP contribution in [0.1, 0.15) is 0 Å². The molecule has 0 fully saturated rings. The number of rotatable bonds is 2. The van der Waals surface area contributed by atoms with Gasteiger partial charge in [0.2, 0.25) is 0 Å². The van der Waals surface area contributed by atoms with Crippen LogP contribution in [0.2, 0.25) is 0 Å². The second kappa shape index (κ2) is 5.27. The fourth-order valence-corrected chi connectivity index (χ4v) is 1.66. The van der Waals surface area contributed by atoms with E-state index in [1.54, 1.807) is 26.9 Å². The van der Waals surface area contributed by atoms with Crippen LogP contribution in [-0.4, -0.2) is 14.6 Å². The van der Waals surface area contributed by atoms with Crippen molar-refractivity contribution >= 4 is 40.6 Å². The van der Waals surface area contributed by atoms with Crippen LogP contribution >= 0.6 is 22.9 Å². The number of hydrazone groups is 1. The maximum Gasteiger partial charge on any atom is 0.275 e. The fourth-order valence-electron chi connectivity index (χ4n) is 1.14. The van der Waals surface area contributed by atoms with Gasteiger partial charge in [-0.25, -0.2) is 0 Å². The second-order valence-corrected chi connectivity index (χ2v) is 3.66. The Bertz CT molecular complexity index is 412. The molecule has 9 heteroatoms. The summed E-state index contributed by atoms with van der Waals surface area (Å²) in [6.07, 6.45) is 1.65. The van der Waals surface area contributed by atoms with Gasteiger partial charge in [0.25, 0.3) is 12.0 Å². The van der Waals surface area contributed by atoms with Gasteiger partial charge in [0.1, 0.15) is 28.6 Å². The molecule has 1 heterocycles. The smallest absolute Gasteiger partial charge is 0.275 e. The van der Waals surface area contributed by atoms with Gasteiger partial charge in [-0.15, -0.1) is 0 Å². The summed E-state index contributed by atoms with van der Waals surface area (Å²) in [7, 11) is 0. The molecule has 0 saturated heterocycles. The lowest BCUT2D eigenvalue weighted by molar-refractivity contribution is -0.475. The molecule has 1 aliphatic heterocycles. The lowest BCUT2D eigenvalue weighted by Crippen LogP contribution is -3.00. The molecule has 0 bridgehead atoms. The van der Waals surface area contributed by atoms with Crippen LogP contribution in [0.3, 0.4) is 0 Å². The zero-order chi connectivity index (χ0) is 10.8. The Kier molecular flexibility index (Phi) is 4.26. The Hall–Kier alpha value is -1.13. The van der Waals surface area contributed by atoms with Crippen molar-refractivity contribution in [3.8, 4) is 0 Å². The van der Waals surface area contributed by atoms with E-state index < -0.39 is 4.92 Å². The summed E-state index contributed by atoms with van der Waals surface area (Å²) in [6, 6.07) is 6.24. The number of nitrogens with one attached hydrogen (secondary N) is 2. The van der Waals surface area contributed by atoms with Crippen molar-refractivity contribution in [2.45, 2.75) is 0 Å². The average Bonchev–Trinajstić information content (AvgIpc) is 2.65. The number of hydrogen-bond acceptors (Lipinski definition) is 5. The standard InChI is InChI=1S/C7H6IN5O2.ClH/c8-13-10-5-9-11(13)6-1-3-7(4-2-6)12(14)15;/h1-5H,(H,9,10);1H. The van der Waals surface area contributed by atoms with E-state index in [0.717, 1.165) is 5.69 Å². The summed E-state index contributed by atoms with van der Waals surface area (Å²) in [5.74, 6) is 0. The van der Waals surface area contributed by atoms with Crippen LogP contribution in [0, 0.1) is 10.1 Å². The van der Waals surface area contributed by atoms with Crippen molar-refractivity contribution in [1.82, 2.24) is 8.76 Å². The number of anilines is 1. The normalized spacial score (nSPS) is 14.4. The minimum absolute atomic E-state index is 0. The first-order chi connectivity index (χ1) is 7.18. The molecule has 2 N–H and O–H groups in total. The molecule has 0 aromatic heterocycles. The van der Waals surface area contributed by atoms with E-state index in [4.69, 9.17) is 0 Å². The largest absolute Gasteiger partial charge is 1.00 e. The number of nitro groups is 1. The summed E-state index contributed by atoms with van der Waals surface area (Å²) in [5.41, 5.74) is 3.76. The van der Waals surface area contributed by atoms with Gasteiger partial charge in [0, 0.05) is 15.5 Å². The maximum absolute atomic E-state index is 10.4. The van der Waals surface area contributed by atoms with Gasteiger partial charge in [-0.2, -0.15) is 10.5 Å². The fraction of sp³-hybridized carbons (Fsp3) is 0. The predicted molar refractivity (Wildman–Crippen MR) is 61.6 cm³/mol. The van der Waals surface area contributed by atoms with E-state index >= 15 is 0 Å². The topological polar surface area (TPSA) is 75.6 Å². The zero-order valence-corrected chi connectivity index (χ0v) is 10.7. The first-order valence-corrected chi connectivity index (χ1v) is 4.99. The highest BCUT2D eigenvalue weighted by Crippen LogP contribution is 2.18. The van der Waals surface area contributed by atoms with Crippen LogP contribution in [0.5, 0.6) is 0 Å². The average molecular weight is 356 g/mol. The number of nitro benzene ring substituents is 1. The van der Waals surface area contributed by atoms with Gasteiger partial charge in [-0.05, 0) is 12.1 Å². The molecule has 16 heavy (non-hydrogen) atoms. The molecule has 1 aromatic rings. The SMILES string of the molecule is O=[N+]([O-])c1ccc(N2[NH+]=CNN2I)cc1.[Cl-]. The van der Waals surface area contributed by atoms with Crippen molar-refractivity contribution in [2.24, 2.45) is 0 Å². The number of non-ortho nitro benzene ring substituents is 1. The summed E-state index contributed by atoms with van der Waals surface area (Å²) >= 11 is 2.04. The maximum atomic E-state index is 10.4. The number of halogens is 2. The molecule has 0 radical (unpaired) electrons. The number of nitrogens with zero attached hydrogens (tertiary/aromatic N) is 3. The molecule has 0 aliphatic carbocycles. The van der Waals surface area contributed by atoms with Crippen molar-refractivity contribution < 1.29 is 22.4 Å². The summed E-state index contributed by atoms with van der Waals surface area (Å²) in [6.45, 7) is 0. The Morgan fingerprint density at radius 2 is 2.00 bits per heavy atom. The van der Waals surface area contributed by atoms with E-state index in [1.165, 1.54) is 12.1 Å². The molecular formula is C7H7ClIN5O2. The minimum Gasteiger partial charge on any atom is -1.00 e. The Labute approximate surface area is 111 Å². The molecular weight excluding hydrogens is 348 g/mol. The molecule has 0 atom stereocenters. The van der Waals surface area contributed by atoms with Gasteiger partial charge in [-0.1, -0.05) is 5.12 Å². The van der Waals surface area contributed by atoms with E-state index in [2.05, 4.69) is 10.5 Å². The van der Waals surface area contributed by atoms with Crippen LogP contribution in [0.15, 0.2) is 24.3 Å². The minimum atomic E-state index is -0.423. The molecule has 1 aromatic carbocycles. The number of benzene rings is 1. The lowest BCUT2D eigenvalue weighted by Gasteiger charge is -2.13. The summed E-state index contributed by atoms with van der Waals surface area (Å²) in [4.78, 5) is 10.0. The summed E-state index contributed by atoms with van der Waals surface area (Å²) in [5, 5.41) is 15.1. The third-order valence-corrected chi connectivity index (χ3v) is 2.55. The molecule has 0 spiro atoms. The quantitative estimate of drug-likeness (QED) is 0.249. The van der Waals surface area contributed by atoms with Crippen LogP contribution < -0.4 is 28.1 Å². The van der Waals surface area contributed by atoms with Gasteiger partial charge >= 0.3 is 0 Å². The molecule has 2 rings (SSSR count). The lowest BCUT2D eigenvalue weighted by atomic mass is 10.3. The first kappa shape index (κ1) is 12.9. The van der Waals surface area contributed by atoms with Crippen molar-refractivity contribution in [3.05, 3.63) is 34.4 Å². The van der Waals surface area contributed by atoms with Crippen molar-refractivity contribution in [3.63, 3.8) is 0 Å². The van der Waals surface area contributed by atoms with Crippen LogP contribution in [0.25, 0.3) is 0 Å². The molecule has 86 valence electrons. The van der Waals surface area contributed by atoms with Crippen molar-refractivity contribution in [1.29, 1.82) is 0 Å². The number of hydrazine groups is 3. The monoisotopic (exact) mass is 355 g/mol. The van der Waals surface area contributed by atoms with Gasteiger partial charge in [-0.3, -0.25) is 10.1 Å². The van der Waals surface area contributed by atoms with Crippen LogP contribution in [-0.2, 0) is 0 Å². The molecule has 1 aliphatic rings. The highest BCUT2D eigenvalue weighted by atomic mass is 127. The van der Waals surface area contributed by atoms with Gasteiger partial charge < -0.3 is 12.4 Å². The first-order valence-electron chi connectivity index (χ1n) is 4.03. The van der Waals surface area contributed by atoms with E-state index in [-0.39, 0.29) is 18.1 Å². The Morgan fingerprint density at radius 1 is 1.38 bits per heavy atom. The van der Waals surface area contributed by atoms with E-state index in [0.29, 0.717) is 0 Å². The predicted octanol–water partition coefficient (Wildman–Crippen LogP) is -3.49. The molecule has 0 amide bonds. The highest BCUT2D eigenvalue weighted by Gasteiger charge is 2.22. The van der Waals surface area contributed by atoms with Gasteiger partial charge in [0.15, 0.2) is 0 Å². The van der Waals surface area contributed by atoms with E-state index in [1.807, 2.05) is 22.9 Å². The van der Waals surface area contributed by atoms with Crippen LogP contribution in [0.4, 0.5) is 11.4 Å². The van der Waals surface area contributed by atoms with E-state index in [9.17, 15) is 10.1 Å². The molecule has 0 unspecified atom stereocenters. The highest BCUT2D eigenvalue weighted by molar-refractivity contribution is 14.1. The third kappa shape index (κ3) is 2.51. The Morgan fingerprint density at radius 3 is 2.44 bits per heavy atom. The third-order valence-electron chi connectivity index (χ3n) is 1.84. The number of hydrogen-bond donors (Lipinski definition) is 2. The van der Waals surface area contributed by atoms with Gasteiger partial charge in [0.05, 0.1) is 4.92 Å². The zero-order valence-electron chi connectivity index (χ0n) is 7.80. The molecule has 7 nitrogen and oxygen atoms in total. The van der Waals surface area contributed by atoms with Crippen molar-refractivity contribution in [2.75, 3.05) is 5.12 Å². The Balaban J connectivity index is 0.00000128. The second-order valence-electron chi connectivity index (χ2n) is 2.75. The summed E-state index contributed by atoms with van der Waals surface area (Å²) < 4.78 is 1.68. The molecule has 0 saturated carbocycles.